The van der Waals surface area contributed by atoms with Crippen LogP contribution in [0, 0.1) is 11.8 Å². The van der Waals surface area contributed by atoms with E-state index in [0.29, 0.717) is 13.0 Å². The Balaban J connectivity index is 1.79. The number of benzene rings is 1. The lowest BCUT2D eigenvalue weighted by molar-refractivity contribution is -0.142. The molecule has 0 saturated carbocycles. The molecule has 0 radical (unpaired) electrons. The number of hydrogen-bond acceptors (Lipinski definition) is 4. The lowest BCUT2D eigenvalue weighted by Gasteiger charge is -2.41. The van der Waals surface area contributed by atoms with Gasteiger partial charge in [0.2, 0.25) is 0 Å². The molecule has 0 spiro atoms. The van der Waals surface area contributed by atoms with Crippen molar-refractivity contribution in [3.05, 3.63) is 51.2 Å². The minimum absolute atomic E-state index is 0.150. The van der Waals surface area contributed by atoms with Gasteiger partial charge in [-0.3, -0.25) is 4.79 Å². The molecule has 0 atom stereocenters. The summed E-state index contributed by atoms with van der Waals surface area (Å²) in [7, 11) is 0. The van der Waals surface area contributed by atoms with Crippen molar-refractivity contribution < 1.29 is 9.53 Å². The Morgan fingerprint density at radius 3 is 2.67 bits per heavy atom. The molecule has 3 rings (SSSR count). The van der Waals surface area contributed by atoms with Crippen molar-refractivity contribution in [2.45, 2.75) is 62.5 Å². The molecule has 1 aromatic heterocycles. The quantitative estimate of drug-likeness (QED) is 0.482. The zero-order valence-corrected chi connectivity index (χ0v) is 18.3. The van der Waals surface area contributed by atoms with Gasteiger partial charge in [-0.15, -0.1) is 23.1 Å². The molecule has 1 aliphatic heterocycles. The van der Waals surface area contributed by atoms with E-state index in [1.807, 2.05) is 30.8 Å². The maximum atomic E-state index is 11.6. The van der Waals surface area contributed by atoms with Crippen molar-refractivity contribution in [1.29, 1.82) is 0 Å². The van der Waals surface area contributed by atoms with Crippen LogP contribution in [-0.4, -0.2) is 17.3 Å². The number of thioether (sulfide) groups is 1. The summed E-state index contributed by atoms with van der Waals surface area (Å²) in [4.78, 5) is 14.9. The van der Waals surface area contributed by atoms with Crippen LogP contribution in [-0.2, 0) is 21.4 Å². The fraction of sp³-hybridized carbons (Fsp3) is 0.435. The molecular weight excluding hydrogens is 372 g/mol. The fourth-order valence-corrected chi connectivity index (χ4v) is 6.20. The van der Waals surface area contributed by atoms with Crippen LogP contribution < -0.4 is 0 Å². The van der Waals surface area contributed by atoms with Crippen molar-refractivity contribution in [3.63, 3.8) is 0 Å². The van der Waals surface area contributed by atoms with Gasteiger partial charge in [0.15, 0.2) is 0 Å². The summed E-state index contributed by atoms with van der Waals surface area (Å²) in [6.07, 6.45) is 1.47. The van der Waals surface area contributed by atoms with E-state index in [4.69, 9.17) is 4.74 Å². The third-order valence-corrected chi connectivity index (χ3v) is 6.85. The molecule has 2 nitrogen and oxygen atoms in total. The second-order valence-electron chi connectivity index (χ2n) is 8.13. The summed E-state index contributed by atoms with van der Waals surface area (Å²) in [5.41, 5.74) is 2.59. The SMILES string of the molecule is CCOC(=O)Cc1ccc(C#Cc2ccc3c(c2)C(C)(C)CC(C)(C)S3)s1. The molecule has 0 aliphatic carbocycles. The van der Waals surface area contributed by atoms with Crippen LogP contribution in [0.15, 0.2) is 35.2 Å². The average Bonchev–Trinajstić information content (AvgIpc) is 2.99. The first-order valence-corrected chi connectivity index (χ1v) is 10.9. The van der Waals surface area contributed by atoms with Gasteiger partial charge in [-0.05, 0) is 54.7 Å². The Hall–Kier alpha value is -1.70. The van der Waals surface area contributed by atoms with Crippen LogP contribution in [0.4, 0.5) is 0 Å². The predicted octanol–water partition coefficient (Wildman–Crippen LogP) is 5.81. The first-order valence-electron chi connectivity index (χ1n) is 9.28. The number of esters is 1. The number of carbonyl (C=O) groups excluding carboxylic acids is 1. The third kappa shape index (κ3) is 4.97. The Morgan fingerprint density at radius 1 is 1.15 bits per heavy atom. The van der Waals surface area contributed by atoms with Gasteiger partial charge >= 0.3 is 5.97 Å². The van der Waals surface area contributed by atoms with Gasteiger partial charge in [-0.25, -0.2) is 0 Å². The van der Waals surface area contributed by atoms with E-state index < -0.39 is 0 Å². The highest BCUT2D eigenvalue weighted by atomic mass is 32.2. The van der Waals surface area contributed by atoms with Gasteiger partial charge in [-0.2, -0.15) is 0 Å². The summed E-state index contributed by atoms with van der Waals surface area (Å²) in [5, 5.41) is 0. The lowest BCUT2D eigenvalue weighted by Crippen LogP contribution is -2.33. The Labute approximate surface area is 170 Å². The molecule has 0 unspecified atom stereocenters. The first-order chi connectivity index (χ1) is 12.7. The fourth-order valence-electron chi connectivity index (χ4n) is 3.75. The monoisotopic (exact) mass is 398 g/mol. The highest BCUT2D eigenvalue weighted by Gasteiger charge is 2.37. The third-order valence-electron chi connectivity index (χ3n) is 4.58. The van der Waals surface area contributed by atoms with Gasteiger partial charge < -0.3 is 4.74 Å². The first kappa shape index (κ1) is 20.0. The van der Waals surface area contributed by atoms with E-state index in [0.717, 1.165) is 21.7 Å². The summed E-state index contributed by atoms with van der Waals surface area (Å²) in [6.45, 7) is 11.5. The molecule has 1 aromatic carbocycles. The van der Waals surface area contributed by atoms with Crippen molar-refractivity contribution in [3.8, 4) is 11.8 Å². The van der Waals surface area contributed by atoms with Crippen LogP contribution >= 0.6 is 23.1 Å². The van der Waals surface area contributed by atoms with Crippen LogP contribution in [0.1, 0.15) is 61.9 Å². The normalized spacial score (nSPS) is 16.8. The van der Waals surface area contributed by atoms with E-state index in [1.165, 1.54) is 10.5 Å². The molecule has 0 fully saturated rings. The van der Waals surface area contributed by atoms with Crippen molar-refractivity contribution in [2.75, 3.05) is 6.61 Å². The summed E-state index contributed by atoms with van der Waals surface area (Å²) in [5.74, 6) is 6.36. The molecular formula is C23H26O2S2. The van der Waals surface area contributed by atoms with E-state index in [2.05, 4.69) is 57.7 Å². The minimum atomic E-state index is -0.184. The summed E-state index contributed by atoms with van der Waals surface area (Å²) < 4.78 is 5.26. The standard InChI is InChI=1S/C23H26O2S2/c1-6-25-21(24)14-18-11-10-17(26-18)9-7-16-8-12-20-19(13-16)22(2,3)15-23(4,5)27-20/h8,10-13H,6,14-15H2,1-5H3. The minimum Gasteiger partial charge on any atom is -0.466 e. The van der Waals surface area contributed by atoms with Crippen molar-refractivity contribution >= 4 is 29.1 Å². The molecule has 0 N–H and O–H groups in total. The van der Waals surface area contributed by atoms with Crippen LogP contribution in [0.3, 0.4) is 0 Å². The van der Waals surface area contributed by atoms with E-state index in [1.54, 1.807) is 11.3 Å². The number of thiophene rings is 1. The van der Waals surface area contributed by atoms with Crippen molar-refractivity contribution in [2.24, 2.45) is 0 Å². The maximum absolute atomic E-state index is 11.6. The molecule has 2 heterocycles. The predicted molar refractivity (Wildman–Crippen MR) is 115 cm³/mol. The van der Waals surface area contributed by atoms with Crippen molar-refractivity contribution in [1.82, 2.24) is 0 Å². The average molecular weight is 399 g/mol. The smallest absolute Gasteiger partial charge is 0.311 e. The second kappa shape index (κ2) is 7.73. The summed E-state index contributed by atoms with van der Waals surface area (Å²) >= 11 is 3.52. The molecule has 0 bridgehead atoms. The van der Waals surface area contributed by atoms with E-state index in [9.17, 15) is 4.79 Å². The second-order valence-corrected chi connectivity index (χ2v) is 11.0. The topological polar surface area (TPSA) is 26.3 Å². The molecule has 142 valence electrons. The van der Waals surface area contributed by atoms with E-state index >= 15 is 0 Å². The molecule has 2 aromatic rings. The number of ether oxygens (including phenoxy) is 1. The van der Waals surface area contributed by atoms with Gasteiger partial charge in [0.25, 0.3) is 0 Å². The zero-order valence-electron chi connectivity index (χ0n) is 16.6. The van der Waals surface area contributed by atoms with Crippen LogP contribution in [0.2, 0.25) is 0 Å². The van der Waals surface area contributed by atoms with Gasteiger partial charge in [0.1, 0.15) is 0 Å². The highest BCUT2D eigenvalue weighted by Crippen LogP contribution is 2.50. The molecule has 0 amide bonds. The molecule has 1 aliphatic rings. The largest absolute Gasteiger partial charge is 0.466 e. The molecule has 27 heavy (non-hydrogen) atoms. The maximum Gasteiger partial charge on any atom is 0.311 e. The number of rotatable bonds is 3. The van der Waals surface area contributed by atoms with E-state index in [-0.39, 0.29) is 16.1 Å². The zero-order chi connectivity index (χ0) is 19.7. The Bertz CT molecular complexity index is 910. The molecule has 4 heteroatoms. The Kier molecular flexibility index (Phi) is 5.74. The van der Waals surface area contributed by atoms with Gasteiger partial charge in [-0.1, -0.05) is 39.5 Å². The van der Waals surface area contributed by atoms with Crippen LogP contribution in [0.5, 0.6) is 0 Å². The van der Waals surface area contributed by atoms with Gasteiger partial charge in [0.05, 0.1) is 17.9 Å². The number of hydrogen-bond donors (Lipinski definition) is 0. The summed E-state index contributed by atoms with van der Waals surface area (Å²) in [6, 6.07) is 10.5. The number of fused-ring (bicyclic) bond motifs is 1. The highest BCUT2D eigenvalue weighted by molar-refractivity contribution is 8.00. The van der Waals surface area contributed by atoms with Crippen LogP contribution in [0.25, 0.3) is 0 Å². The molecule has 0 saturated heterocycles. The van der Waals surface area contributed by atoms with Gasteiger partial charge in [0, 0.05) is 20.1 Å². The number of carbonyl (C=O) groups is 1. The lowest BCUT2D eigenvalue weighted by atomic mass is 9.76. The Morgan fingerprint density at radius 2 is 1.93 bits per heavy atom.